The Morgan fingerprint density at radius 1 is 1.05 bits per heavy atom. The molecule has 4 heteroatoms. The SMILES string of the molecule is OC(c1cn2ccccc2n1)c1cccc2ccncc12. The molecule has 3 heterocycles. The summed E-state index contributed by atoms with van der Waals surface area (Å²) in [6.07, 6.45) is 6.55. The Labute approximate surface area is 121 Å². The van der Waals surface area contributed by atoms with E-state index in [0.717, 1.165) is 22.0 Å². The first-order valence-corrected chi connectivity index (χ1v) is 6.77. The molecule has 0 saturated heterocycles. The second-order valence-electron chi connectivity index (χ2n) is 4.98. The van der Waals surface area contributed by atoms with Crippen LogP contribution >= 0.6 is 0 Å². The highest BCUT2D eigenvalue weighted by atomic mass is 16.3. The Balaban J connectivity index is 1.87. The van der Waals surface area contributed by atoms with E-state index in [9.17, 15) is 5.11 Å². The summed E-state index contributed by atoms with van der Waals surface area (Å²) >= 11 is 0. The van der Waals surface area contributed by atoms with Crippen LogP contribution in [0, 0.1) is 0 Å². The van der Waals surface area contributed by atoms with Crippen LogP contribution in [-0.2, 0) is 0 Å². The van der Waals surface area contributed by atoms with Crippen LogP contribution in [-0.4, -0.2) is 19.5 Å². The van der Waals surface area contributed by atoms with E-state index >= 15 is 0 Å². The zero-order chi connectivity index (χ0) is 14.2. The predicted octanol–water partition coefficient (Wildman–Crippen LogP) is 2.96. The lowest BCUT2D eigenvalue weighted by Gasteiger charge is -2.11. The third-order valence-corrected chi connectivity index (χ3v) is 3.67. The van der Waals surface area contributed by atoms with E-state index in [1.54, 1.807) is 12.4 Å². The fraction of sp³-hybridized carbons (Fsp3) is 0.0588. The number of benzene rings is 1. The molecule has 0 aliphatic carbocycles. The average molecular weight is 275 g/mol. The number of nitrogens with zero attached hydrogens (tertiary/aromatic N) is 3. The van der Waals surface area contributed by atoms with Crippen molar-refractivity contribution >= 4 is 16.4 Å². The highest BCUT2D eigenvalue weighted by molar-refractivity contribution is 5.85. The van der Waals surface area contributed by atoms with Gasteiger partial charge in [-0.25, -0.2) is 4.98 Å². The van der Waals surface area contributed by atoms with Crippen LogP contribution in [0.4, 0.5) is 0 Å². The van der Waals surface area contributed by atoms with Crippen LogP contribution in [0.2, 0.25) is 0 Å². The van der Waals surface area contributed by atoms with Crippen molar-refractivity contribution in [3.05, 3.63) is 78.5 Å². The smallest absolute Gasteiger partial charge is 0.137 e. The molecule has 0 bridgehead atoms. The zero-order valence-electron chi connectivity index (χ0n) is 11.2. The van der Waals surface area contributed by atoms with Crippen molar-refractivity contribution < 1.29 is 5.11 Å². The minimum Gasteiger partial charge on any atom is -0.382 e. The van der Waals surface area contributed by atoms with Gasteiger partial charge >= 0.3 is 0 Å². The molecule has 1 N–H and O–H groups in total. The van der Waals surface area contributed by atoms with Crippen LogP contribution in [0.15, 0.2) is 67.3 Å². The van der Waals surface area contributed by atoms with Gasteiger partial charge in [-0.05, 0) is 29.1 Å². The van der Waals surface area contributed by atoms with Crippen LogP contribution in [0.5, 0.6) is 0 Å². The standard InChI is InChI=1S/C17H13N3O/c21-17(15-11-20-9-2-1-6-16(20)19-15)13-5-3-4-12-7-8-18-10-14(12)13/h1-11,17,21H. The summed E-state index contributed by atoms with van der Waals surface area (Å²) in [7, 11) is 0. The molecule has 0 aliphatic heterocycles. The van der Waals surface area contributed by atoms with Crippen molar-refractivity contribution in [3.8, 4) is 0 Å². The van der Waals surface area contributed by atoms with Gasteiger partial charge in [0.2, 0.25) is 0 Å². The lowest BCUT2D eigenvalue weighted by molar-refractivity contribution is 0.217. The van der Waals surface area contributed by atoms with Crippen molar-refractivity contribution in [3.63, 3.8) is 0 Å². The summed E-state index contributed by atoms with van der Waals surface area (Å²) in [4.78, 5) is 8.64. The number of hydrogen-bond acceptors (Lipinski definition) is 3. The molecule has 1 atom stereocenters. The molecule has 0 saturated carbocycles. The molecule has 0 amide bonds. The quantitative estimate of drug-likeness (QED) is 0.612. The van der Waals surface area contributed by atoms with Crippen LogP contribution in [0.1, 0.15) is 17.4 Å². The molecule has 1 aromatic carbocycles. The van der Waals surface area contributed by atoms with E-state index in [2.05, 4.69) is 9.97 Å². The fourth-order valence-electron chi connectivity index (χ4n) is 2.62. The van der Waals surface area contributed by atoms with Gasteiger partial charge in [-0.3, -0.25) is 4.98 Å². The van der Waals surface area contributed by atoms with Gasteiger partial charge < -0.3 is 9.51 Å². The Bertz CT molecular complexity index is 891. The van der Waals surface area contributed by atoms with Crippen molar-refractivity contribution in [2.75, 3.05) is 0 Å². The number of pyridine rings is 2. The molecular weight excluding hydrogens is 262 g/mol. The number of fused-ring (bicyclic) bond motifs is 2. The second-order valence-corrected chi connectivity index (χ2v) is 4.98. The van der Waals surface area contributed by atoms with E-state index in [-0.39, 0.29) is 0 Å². The summed E-state index contributed by atoms with van der Waals surface area (Å²) in [5.41, 5.74) is 2.28. The first-order chi connectivity index (χ1) is 10.3. The Hall–Kier alpha value is -2.72. The molecular formula is C17H13N3O. The summed E-state index contributed by atoms with van der Waals surface area (Å²) in [6, 6.07) is 13.6. The summed E-state index contributed by atoms with van der Waals surface area (Å²) in [6.45, 7) is 0. The highest BCUT2D eigenvalue weighted by Crippen LogP contribution is 2.28. The van der Waals surface area contributed by atoms with Crippen LogP contribution in [0.3, 0.4) is 0 Å². The molecule has 4 nitrogen and oxygen atoms in total. The summed E-state index contributed by atoms with van der Waals surface area (Å²) in [5.74, 6) is 0. The maximum atomic E-state index is 10.7. The number of aliphatic hydroxyl groups is 1. The van der Waals surface area contributed by atoms with Gasteiger partial charge in [-0.15, -0.1) is 0 Å². The van der Waals surface area contributed by atoms with Gasteiger partial charge in [0.05, 0.1) is 5.69 Å². The van der Waals surface area contributed by atoms with Gasteiger partial charge in [0.25, 0.3) is 0 Å². The Kier molecular flexibility index (Phi) is 2.69. The molecule has 102 valence electrons. The Morgan fingerprint density at radius 2 is 2.00 bits per heavy atom. The third-order valence-electron chi connectivity index (χ3n) is 3.67. The minimum atomic E-state index is -0.766. The first kappa shape index (κ1) is 12.1. The molecule has 4 rings (SSSR count). The first-order valence-electron chi connectivity index (χ1n) is 6.77. The topological polar surface area (TPSA) is 50.4 Å². The average Bonchev–Trinajstić information content (AvgIpc) is 2.97. The third kappa shape index (κ3) is 1.97. The van der Waals surface area contributed by atoms with Crippen LogP contribution < -0.4 is 0 Å². The summed E-state index contributed by atoms with van der Waals surface area (Å²) in [5, 5.41) is 12.7. The normalized spacial score (nSPS) is 12.8. The molecule has 3 aromatic heterocycles. The maximum Gasteiger partial charge on any atom is 0.137 e. The largest absolute Gasteiger partial charge is 0.382 e. The van der Waals surface area contributed by atoms with Gasteiger partial charge in [0.15, 0.2) is 0 Å². The van der Waals surface area contributed by atoms with E-state index in [1.807, 2.05) is 59.3 Å². The monoisotopic (exact) mass is 275 g/mol. The number of rotatable bonds is 2. The highest BCUT2D eigenvalue weighted by Gasteiger charge is 2.16. The van der Waals surface area contributed by atoms with Crippen molar-refractivity contribution in [1.82, 2.24) is 14.4 Å². The van der Waals surface area contributed by atoms with E-state index in [4.69, 9.17) is 0 Å². The number of aliphatic hydroxyl groups excluding tert-OH is 1. The van der Waals surface area contributed by atoms with Gasteiger partial charge in [-0.2, -0.15) is 0 Å². The van der Waals surface area contributed by atoms with E-state index in [0.29, 0.717) is 5.69 Å². The van der Waals surface area contributed by atoms with Gasteiger partial charge in [0, 0.05) is 30.2 Å². The molecule has 4 aromatic rings. The fourth-order valence-corrected chi connectivity index (χ4v) is 2.62. The lowest BCUT2D eigenvalue weighted by atomic mass is 10.0. The zero-order valence-corrected chi connectivity index (χ0v) is 11.2. The molecule has 1 unspecified atom stereocenters. The molecule has 0 fully saturated rings. The van der Waals surface area contributed by atoms with Crippen molar-refractivity contribution in [2.24, 2.45) is 0 Å². The van der Waals surface area contributed by atoms with Crippen LogP contribution in [0.25, 0.3) is 16.4 Å². The maximum absolute atomic E-state index is 10.7. The molecule has 0 radical (unpaired) electrons. The van der Waals surface area contributed by atoms with Gasteiger partial charge in [0.1, 0.15) is 11.8 Å². The van der Waals surface area contributed by atoms with Crippen molar-refractivity contribution in [2.45, 2.75) is 6.10 Å². The minimum absolute atomic E-state index is 0.637. The van der Waals surface area contributed by atoms with Gasteiger partial charge in [-0.1, -0.05) is 24.3 Å². The lowest BCUT2D eigenvalue weighted by Crippen LogP contribution is -2.01. The second kappa shape index (κ2) is 4.68. The molecule has 0 spiro atoms. The van der Waals surface area contributed by atoms with E-state index in [1.165, 1.54) is 0 Å². The molecule has 0 aliphatic rings. The van der Waals surface area contributed by atoms with E-state index < -0.39 is 6.10 Å². The summed E-state index contributed by atoms with van der Waals surface area (Å²) < 4.78 is 1.90. The molecule has 21 heavy (non-hydrogen) atoms. The predicted molar refractivity (Wildman–Crippen MR) is 81.0 cm³/mol. The van der Waals surface area contributed by atoms with Crippen molar-refractivity contribution in [1.29, 1.82) is 0 Å². The number of imidazole rings is 1. The number of hydrogen-bond donors (Lipinski definition) is 1. The Morgan fingerprint density at radius 3 is 2.90 bits per heavy atom. The number of aromatic nitrogens is 3.